The lowest BCUT2D eigenvalue weighted by Crippen LogP contribution is -2.35. The number of nitrogens with zero attached hydrogens (tertiary/aromatic N) is 1. The first kappa shape index (κ1) is 23.4. The standard InChI is InChI=1S/C26H32N4O2S/c1-16(2)23(22-15-33-26(27)30-22)25(32)29-19-10-8-17(9-11-19)14-20-12-13-21(28-20)24(31)18-6-4-3-5-7-18/h3-11,15-16,20-21,23-24,28,31H,12-14H2,1-2H3,(H2,27,30)(H,29,32)/t20-,21+,23+,24+/m0/s1. The highest BCUT2D eigenvalue weighted by atomic mass is 32.1. The van der Waals surface area contributed by atoms with Crippen molar-refractivity contribution in [3.8, 4) is 0 Å². The van der Waals surface area contributed by atoms with E-state index in [0.29, 0.717) is 11.2 Å². The Morgan fingerprint density at radius 1 is 1.18 bits per heavy atom. The Labute approximate surface area is 199 Å². The van der Waals surface area contributed by atoms with Gasteiger partial charge >= 0.3 is 0 Å². The second kappa shape index (κ2) is 10.5. The van der Waals surface area contributed by atoms with E-state index in [9.17, 15) is 9.90 Å². The second-order valence-electron chi connectivity index (χ2n) is 9.13. The fraction of sp³-hybridized carbons (Fsp3) is 0.385. The van der Waals surface area contributed by atoms with E-state index in [1.165, 1.54) is 16.9 Å². The molecular weight excluding hydrogens is 432 g/mol. The van der Waals surface area contributed by atoms with Gasteiger partial charge in [-0.25, -0.2) is 4.98 Å². The maximum atomic E-state index is 12.9. The number of rotatable bonds is 8. The number of hydrogen-bond donors (Lipinski definition) is 4. The van der Waals surface area contributed by atoms with Gasteiger partial charge in [0, 0.05) is 23.2 Å². The molecule has 0 saturated carbocycles. The molecule has 1 aliphatic rings. The molecule has 33 heavy (non-hydrogen) atoms. The topological polar surface area (TPSA) is 100 Å². The van der Waals surface area contributed by atoms with E-state index in [4.69, 9.17) is 5.73 Å². The Bertz CT molecular complexity index is 1050. The molecular formula is C26H32N4O2S. The molecule has 1 saturated heterocycles. The summed E-state index contributed by atoms with van der Waals surface area (Å²) in [5.41, 5.74) is 9.42. The average Bonchev–Trinajstić information content (AvgIpc) is 3.44. The minimum Gasteiger partial charge on any atom is -0.387 e. The molecule has 2 aromatic carbocycles. The van der Waals surface area contributed by atoms with Crippen LogP contribution < -0.4 is 16.4 Å². The largest absolute Gasteiger partial charge is 0.387 e. The highest BCUT2D eigenvalue weighted by molar-refractivity contribution is 7.13. The van der Waals surface area contributed by atoms with Gasteiger partial charge in [-0.05, 0) is 48.4 Å². The van der Waals surface area contributed by atoms with Crippen LogP contribution in [-0.2, 0) is 11.2 Å². The molecule has 4 rings (SSSR count). The van der Waals surface area contributed by atoms with Gasteiger partial charge in [0.1, 0.15) is 0 Å². The summed E-state index contributed by atoms with van der Waals surface area (Å²) in [7, 11) is 0. The van der Waals surface area contributed by atoms with E-state index >= 15 is 0 Å². The molecule has 3 aromatic rings. The Balaban J connectivity index is 1.32. The molecule has 0 spiro atoms. The van der Waals surface area contributed by atoms with E-state index in [0.717, 1.165) is 36.2 Å². The van der Waals surface area contributed by atoms with Gasteiger partial charge in [-0.15, -0.1) is 11.3 Å². The van der Waals surface area contributed by atoms with Crippen LogP contribution in [0.2, 0.25) is 0 Å². The minimum atomic E-state index is -0.490. The minimum absolute atomic E-state index is 0.0711. The summed E-state index contributed by atoms with van der Waals surface area (Å²) in [6.07, 6.45) is 2.38. The number of carbonyl (C=O) groups is 1. The zero-order valence-corrected chi connectivity index (χ0v) is 19.9. The number of nitrogen functional groups attached to an aromatic ring is 1. The van der Waals surface area contributed by atoms with E-state index in [1.807, 2.05) is 61.7 Å². The predicted molar refractivity (Wildman–Crippen MR) is 134 cm³/mol. The SMILES string of the molecule is CC(C)[C@@H](C(=O)Nc1ccc(C[C@@H]2CC[C@H]([C@H](O)c3ccccc3)N2)cc1)c1csc(N)n1. The summed E-state index contributed by atoms with van der Waals surface area (Å²) in [6.45, 7) is 4.03. The van der Waals surface area contributed by atoms with Crippen molar-refractivity contribution in [1.82, 2.24) is 10.3 Å². The molecule has 1 amide bonds. The number of thiazole rings is 1. The van der Waals surface area contributed by atoms with Crippen molar-refractivity contribution < 1.29 is 9.90 Å². The van der Waals surface area contributed by atoms with Crippen molar-refractivity contribution in [3.05, 3.63) is 76.8 Å². The fourth-order valence-corrected chi connectivity index (χ4v) is 5.19. The third-order valence-corrected chi connectivity index (χ3v) is 7.00. The summed E-state index contributed by atoms with van der Waals surface area (Å²) in [5.74, 6) is -0.300. The Hall–Kier alpha value is -2.74. The van der Waals surface area contributed by atoms with Crippen LogP contribution in [0.25, 0.3) is 0 Å². The monoisotopic (exact) mass is 464 g/mol. The lowest BCUT2D eigenvalue weighted by Gasteiger charge is -2.20. The molecule has 1 aliphatic heterocycles. The number of hydrogen-bond acceptors (Lipinski definition) is 6. The van der Waals surface area contributed by atoms with Gasteiger partial charge in [-0.1, -0.05) is 56.3 Å². The van der Waals surface area contributed by atoms with Crippen LogP contribution in [0.4, 0.5) is 10.8 Å². The molecule has 0 aliphatic carbocycles. The smallest absolute Gasteiger partial charge is 0.233 e. The fourth-order valence-electron chi connectivity index (χ4n) is 4.59. The maximum absolute atomic E-state index is 12.9. The van der Waals surface area contributed by atoms with Gasteiger partial charge in [-0.3, -0.25) is 4.79 Å². The number of nitrogens with one attached hydrogen (secondary N) is 2. The summed E-state index contributed by atoms with van der Waals surface area (Å²) < 4.78 is 0. The molecule has 0 radical (unpaired) electrons. The van der Waals surface area contributed by atoms with E-state index in [2.05, 4.69) is 27.8 Å². The first-order chi connectivity index (χ1) is 15.9. The molecule has 174 valence electrons. The van der Waals surface area contributed by atoms with Crippen LogP contribution in [0.3, 0.4) is 0 Å². The zero-order valence-electron chi connectivity index (χ0n) is 19.1. The lowest BCUT2D eigenvalue weighted by molar-refractivity contribution is -0.118. The van der Waals surface area contributed by atoms with Crippen LogP contribution in [0, 0.1) is 5.92 Å². The Morgan fingerprint density at radius 3 is 2.55 bits per heavy atom. The summed E-state index contributed by atoms with van der Waals surface area (Å²) >= 11 is 1.36. The number of nitrogens with two attached hydrogens (primary N) is 1. The second-order valence-corrected chi connectivity index (χ2v) is 10.0. The molecule has 1 aromatic heterocycles. The van der Waals surface area contributed by atoms with Gasteiger partial charge < -0.3 is 21.5 Å². The van der Waals surface area contributed by atoms with E-state index in [-0.39, 0.29) is 23.8 Å². The number of aliphatic hydroxyl groups excluding tert-OH is 1. The number of amides is 1. The van der Waals surface area contributed by atoms with Gasteiger partial charge in [0.15, 0.2) is 5.13 Å². The van der Waals surface area contributed by atoms with Gasteiger partial charge in [-0.2, -0.15) is 0 Å². The number of anilines is 2. The summed E-state index contributed by atoms with van der Waals surface area (Å²) in [6, 6.07) is 18.2. The molecule has 1 fully saturated rings. The van der Waals surface area contributed by atoms with Crippen molar-refractivity contribution in [3.63, 3.8) is 0 Å². The molecule has 7 heteroatoms. The maximum Gasteiger partial charge on any atom is 0.233 e. The molecule has 4 atom stereocenters. The highest BCUT2D eigenvalue weighted by Gasteiger charge is 2.30. The Morgan fingerprint density at radius 2 is 1.91 bits per heavy atom. The van der Waals surface area contributed by atoms with Crippen molar-refractivity contribution in [2.45, 2.75) is 57.2 Å². The number of benzene rings is 2. The van der Waals surface area contributed by atoms with Crippen LogP contribution >= 0.6 is 11.3 Å². The van der Waals surface area contributed by atoms with Gasteiger partial charge in [0.25, 0.3) is 0 Å². The number of aliphatic hydroxyl groups is 1. The molecule has 2 heterocycles. The Kier molecular flexibility index (Phi) is 7.42. The van der Waals surface area contributed by atoms with Crippen LogP contribution in [0.15, 0.2) is 60.0 Å². The normalized spacial score (nSPS) is 20.0. The van der Waals surface area contributed by atoms with E-state index in [1.54, 1.807) is 0 Å². The summed E-state index contributed by atoms with van der Waals surface area (Å²) in [5, 5.41) is 19.6. The van der Waals surface area contributed by atoms with Crippen molar-refractivity contribution in [2.24, 2.45) is 5.92 Å². The summed E-state index contributed by atoms with van der Waals surface area (Å²) in [4.78, 5) is 17.2. The van der Waals surface area contributed by atoms with Gasteiger partial charge in [0.2, 0.25) is 5.91 Å². The predicted octanol–water partition coefficient (Wildman–Crippen LogP) is 4.50. The zero-order chi connectivity index (χ0) is 23.4. The van der Waals surface area contributed by atoms with Crippen molar-refractivity contribution >= 4 is 28.1 Å². The number of carbonyl (C=O) groups excluding carboxylic acids is 1. The molecule has 0 bridgehead atoms. The van der Waals surface area contributed by atoms with Crippen LogP contribution in [0.1, 0.15) is 55.5 Å². The van der Waals surface area contributed by atoms with Crippen molar-refractivity contribution in [1.29, 1.82) is 0 Å². The molecule has 5 N–H and O–H groups in total. The van der Waals surface area contributed by atoms with E-state index < -0.39 is 6.10 Å². The number of aromatic nitrogens is 1. The highest BCUT2D eigenvalue weighted by Crippen LogP contribution is 2.29. The third-order valence-electron chi connectivity index (χ3n) is 6.31. The van der Waals surface area contributed by atoms with Crippen LogP contribution in [0.5, 0.6) is 0 Å². The van der Waals surface area contributed by atoms with Crippen molar-refractivity contribution in [2.75, 3.05) is 11.1 Å². The quantitative estimate of drug-likeness (QED) is 0.393. The first-order valence-corrected chi connectivity index (χ1v) is 12.4. The molecule has 0 unspecified atom stereocenters. The average molecular weight is 465 g/mol. The first-order valence-electron chi connectivity index (χ1n) is 11.5. The third kappa shape index (κ3) is 5.79. The van der Waals surface area contributed by atoms with Gasteiger partial charge in [0.05, 0.1) is 17.7 Å². The lowest BCUT2D eigenvalue weighted by atomic mass is 9.92. The van der Waals surface area contributed by atoms with Crippen LogP contribution in [-0.4, -0.2) is 28.1 Å². The molecule has 6 nitrogen and oxygen atoms in total.